The van der Waals surface area contributed by atoms with Crippen molar-refractivity contribution in [2.24, 2.45) is 0 Å². The molecule has 0 amide bonds. The fourth-order valence-corrected chi connectivity index (χ4v) is 4.45. The van der Waals surface area contributed by atoms with Crippen molar-refractivity contribution in [3.63, 3.8) is 0 Å². The largest absolute Gasteiger partial charge is 2.00 e. The number of rotatable bonds is 1. The summed E-state index contributed by atoms with van der Waals surface area (Å²) in [4.78, 5) is 0. The van der Waals surface area contributed by atoms with Gasteiger partial charge in [0.1, 0.15) is 0 Å². The van der Waals surface area contributed by atoms with Gasteiger partial charge in [0.05, 0.1) is 8.80 Å². The molecule has 91 valence electrons. The Labute approximate surface area is 124 Å². The van der Waals surface area contributed by atoms with E-state index in [9.17, 15) is 0 Å². The number of hydrogen-bond donors (Lipinski definition) is 0. The van der Waals surface area contributed by atoms with Crippen LogP contribution in [0.3, 0.4) is 0 Å². The van der Waals surface area contributed by atoms with Gasteiger partial charge < -0.3 is 14.9 Å². The van der Waals surface area contributed by atoms with Crippen LogP contribution in [0.15, 0.2) is 29.8 Å². The Bertz CT molecular complexity index is 394. The zero-order chi connectivity index (χ0) is 10.3. The van der Waals surface area contributed by atoms with E-state index in [1.807, 2.05) is 0 Å². The molecule has 0 aliphatic heterocycles. The first-order chi connectivity index (χ1) is 6.63. The maximum Gasteiger partial charge on any atom is 2.00 e. The second kappa shape index (κ2) is 7.35. The van der Waals surface area contributed by atoms with Gasteiger partial charge in [0, 0.05) is 0 Å². The number of hydrogen-bond acceptors (Lipinski definition) is 0. The second-order valence-electron chi connectivity index (χ2n) is 4.41. The fraction of sp³-hybridized carbons (Fsp3) is 0.333. The fourth-order valence-electron chi connectivity index (χ4n) is 2.50. The van der Waals surface area contributed by atoms with Gasteiger partial charge in [0.25, 0.3) is 0 Å². The summed E-state index contributed by atoms with van der Waals surface area (Å²) in [5.41, 5.74) is 6.92. The van der Waals surface area contributed by atoms with Crippen molar-refractivity contribution in [1.29, 1.82) is 0 Å². The van der Waals surface area contributed by atoms with Crippen molar-refractivity contribution in [2.45, 2.75) is 32.5 Å². The van der Waals surface area contributed by atoms with Crippen LogP contribution >= 0.6 is 0 Å². The summed E-state index contributed by atoms with van der Waals surface area (Å²) < 4.78 is 0. The molecule has 17 heavy (non-hydrogen) atoms. The summed E-state index contributed by atoms with van der Waals surface area (Å²) in [6.07, 6.45) is 0. The van der Waals surface area contributed by atoms with E-state index in [0.717, 1.165) is 5.54 Å². The topological polar surface area (TPSA) is 0 Å². The van der Waals surface area contributed by atoms with Crippen LogP contribution in [0.1, 0.15) is 30.5 Å². The Kier molecular flexibility index (Phi) is 8.32. The molecule has 2 rings (SSSR count). The second-order valence-corrected chi connectivity index (χ2v) is 7.14. The normalized spacial score (nSPS) is 16.9. The van der Waals surface area contributed by atoms with Crippen molar-refractivity contribution in [1.82, 2.24) is 0 Å². The van der Waals surface area contributed by atoms with E-state index < -0.39 is 0 Å². The van der Waals surface area contributed by atoms with Gasteiger partial charge in [-0.15, -0.1) is 0 Å². The van der Waals surface area contributed by atoms with Gasteiger partial charge in [-0.25, -0.2) is 0 Å². The summed E-state index contributed by atoms with van der Waals surface area (Å²) in [6.45, 7) is 9.39. The van der Waals surface area contributed by atoms with E-state index in [1.54, 1.807) is 11.1 Å². The van der Waals surface area contributed by atoms with Gasteiger partial charge in [-0.2, -0.15) is 0 Å². The third kappa shape index (κ3) is 3.21. The zero-order valence-corrected chi connectivity index (χ0v) is 14.4. The molecule has 0 saturated heterocycles. The van der Waals surface area contributed by atoms with Gasteiger partial charge in [-0.3, -0.25) is 0 Å². The summed E-state index contributed by atoms with van der Waals surface area (Å²) in [5.74, 6) is 0. The Morgan fingerprint density at radius 3 is 2.06 bits per heavy atom. The van der Waals surface area contributed by atoms with Crippen molar-refractivity contribution >= 4 is 14.4 Å². The average Bonchev–Trinajstić information content (AvgIpc) is 2.41. The molecule has 1 unspecified atom stereocenters. The monoisotopic (exact) mass is 279 g/mol. The molecule has 2 heteroatoms. The molecule has 1 atom stereocenters. The Balaban J connectivity index is 0. The van der Waals surface area contributed by atoms with E-state index in [0.29, 0.717) is 0 Å². The molecule has 0 spiro atoms. The maximum atomic E-state index is 2.41. The molecule has 1 aromatic carbocycles. The third-order valence-electron chi connectivity index (χ3n) is 3.28. The Morgan fingerprint density at radius 1 is 1.00 bits per heavy atom. The molecular formula is C15H23SiTi. The standard InChI is InChI=1S/C13H17Si.2CH3.Ti/c1-9-10(2)13(14(3)4)12-8-6-5-7-11(9)12;;;/h5-8,13H,1-4H3;2*1H3;/q;2*-1;+2. The average molecular weight is 279 g/mol. The van der Waals surface area contributed by atoms with Gasteiger partial charge in [-0.05, 0) is 36.1 Å². The quantitative estimate of drug-likeness (QED) is 0.513. The van der Waals surface area contributed by atoms with Gasteiger partial charge in [-0.1, -0.05) is 42.9 Å². The predicted molar refractivity (Wildman–Crippen MR) is 77.8 cm³/mol. The van der Waals surface area contributed by atoms with Crippen LogP contribution in [0.2, 0.25) is 13.1 Å². The third-order valence-corrected chi connectivity index (χ3v) is 5.18. The molecule has 0 heterocycles. The molecule has 0 aromatic heterocycles. The van der Waals surface area contributed by atoms with Crippen LogP contribution in [0, 0.1) is 14.9 Å². The molecule has 1 aromatic rings. The molecule has 1 aliphatic rings. The van der Waals surface area contributed by atoms with Crippen molar-refractivity contribution in [3.05, 3.63) is 55.8 Å². The first-order valence-corrected chi connectivity index (χ1v) is 7.77. The maximum absolute atomic E-state index is 2.41. The summed E-state index contributed by atoms with van der Waals surface area (Å²) in [7, 11) is -0.263. The summed E-state index contributed by atoms with van der Waals surface area (Å²) >= 11 is 0. The van der Waals surface area contributed by atoms with E-state index >= 15 is 0 Å². The van der Waals surface area contributed by atoms with Crippen molar-refractivity contribution in [2.75, 3.05) is 0 Å². The molecule has 0 nitrogen and oxygen atoms in total. The first-order valence-electron chi connectivity index (χ1n) is 5.19. The first kappa shape index (κ1) is 19.2. The smallest absolute Gasteiger partial charge is 0.358 e. The van der Waals surface area contributed by atoms with Gasteiger partial charge in [0.2, 0.25) is 0 Å². The van der Waals surface area contributed by atoms with Crippen LogP contribution in [-0.2, 0) is 21.7 Å². The summed E-state index contributed by atoms with van der Waals surface area (Å²) in [5, 5.41) is 0. The van der Waals surface area contributed by atoms with E-state index in [4.69, 9.17) is 0 Å². The molecule has 0 bridgehead atoms. The molecule has 1 radical (unpaired) electrons. The Hall–Kier alpha value is -0.109. The van der Waals surface area contributed by atoms with Crippen LogP contribution in [0.4, 0.5) is 0 Å². The molecular weight excluding hydrogens is 256 g/mol. The van der Waals surface area contributed by atoms with Crippen molar-refractivity contribution < 1.29 is 21.7 Å². The van der Waals surface area contributed by atoms with Crippen LogP contribution in [-0.4, -0.2) is 8.80 Å². The van der Waals surface area contributed by atoms with Crippen LogP contribution < -0.4 is 0 Å². The SMILES string of the molecule is CC1=C(C)C([Si](C)C)c2ccccc21.[CH3-].[CH3-].[Ti+2]. The molecule has 1 aliphatic carbocycles. The van der Waals surface area contributed by atoms with E-state index in [2.05, 4.69) is 51.2 Å². The minimum absolute atomic E-state index is 0. The van der Waals surface area contributed by atoms with E-state index in [1.165, 1.54) is 11.1 Å². The minimum Gasteiger partial charge on any atom is -0.358 e. The molecule has 0 N–H and O–H groups in total. The molecule has 0 fully saturated rings. The zero-order valence-electron chi connectivity index (χ0n) is 11.9. The minimum atomic E-state index is -0.263. The van der Waals surface area contributed by atoms with Gasteiger partial charge in [0.15, 0.2) is 0 Å². The Morgan fingerprint density at radius 2 is 1.53 bits per heavy atom. The number of benzene rings is 1. The predicted octanol–water partition coefficient (Wildman–Crippen LogP) is 4.77. The summed E-state index contributed by atoms with van der Waals surface area (Å²) in [6, 6.07) is 8.88. The number of fused-ring (bicyclic) bond motifs is 1. The van der Waals surface area contributed by atoms with Crippen LogP contribution in [0.25, 0.3) is 5.57 Å². The van der Waals surface area contributed by atoms with E-state index in [-0.39, 0.29) is 45.4 Å². The van der Waals surface area contributed by atoms with Gasteiger partial charge >= 0.3 is 21.7 Å². The van der Waals surface area contributed by atoms with Crippen LogP contribution in [0.5, 0.6) is 0 Å². The molecule has 0 saturated carbocycles. The van der Waals surface area contributed by atoms with Crippen molar-refractivity contribution in [3.8, 4) is 0 Å². The number of allylic oxidation sites excluding steroid dienone is 2.